The maximum absolute atomic E-state index is 13.0. The van der Waals surface area contributed by atoms with Crippen LogP contribution in [0.25, 0.3) is 0 Å². The molecule has 1 N–H and O–H groups in total. The lowest BCUT2D eigenvalue weighted by Gasteiger charge is -2.36. The third-order valence-corrected chi connectivity index (χ3v) is 6.53. The molecule has 0 spiro atoms. The number of nitrogens with zero attached hydrogens (tertiary/aromatic N) is 3. The highest BCUT2D eigenvalue weighted by Crippen LogP contribution is 2.32. The van der Waals surface area contributed by atoms with Crippen molar-refractivity contribution in [2.45, 2.75) is 32.2 Å². The summed E-state index contributed by atoms with van der Waals surface area (Å²) in [7, 11) is 0. The Bertz CT molecular complexity index is 877. The maximum Gasteiger partial charge on any atom is 0.317 e. The van der Waals surface area contributed by atoms with Gasteiger partial charge < -0.3 is 20.0 Å². The minimum atomic E-state index is -0.0741. The number of nitrogens with one attached hydrogen (secondary N) is 1. The zero-order chi connectivity index (χ0) is 22.3. The van der Waals surface area contributed by atoms with Crippen molar-refractivity contribution in [3.63, 3.8) is 0 Å². The molecule has 2 aromatic rings. The van der Waals surface area contributed by atoms with Crippen molar-refractivity contribution in [1.29, 1.82) is 0 Å². The van der Waals surface area contributed by atoms with Crippen molar-refractivity contribution in [1.82, 2.24) is 15.1 Å². The summed E-state index contributed by atoms with van der Waals surface area (Å²) in [5.74, 6) is 0.720. The van der Waals surface area contributed by atoms with Crippen LogP contribution in [0.15, 0.2) is 60.7 Å². The van der Waals surface area contributed by atoms with Crippen LogP contribution in [-0.4, -0.2) is 61.0 Å². The van der Waals surface area contributed by atoms with Gasteiger partial charge in [-0.1, -0.05) is 48.5 Å². The number of rotatable bonds is 8. The van der Waals surface area contributed by atoms with Crippen LogP contribution in [0.4, 0.5) is 10.5 Å². The average molecular weight is 435 g/mol. The Labute approximate surface area is 191 Å². The van der Waals surface area contributed by atoms with E-state index in [9.17, 15) is 9.59 Å². The predicted octanol–water partition coefficient (Wildman–Crippen LogP) is 3.91. The fourth-order valence-corrected chi connectivity index (χ4v) is 4.30. The van der Waals surface area contributed by atoms with Crippen LogP contribution in [0.2, 0.25) is 0 Å². The molecule has 170 valence electrons. The Hall–Kier alpha value is -3.02. The first kappa shape index (κ1) is 22.2. The first-order valence-corrected chi connectivity index (χ1v) is 11.8. The van der Waals surface area contributed by atoms with Gasteiger partial charge >= 0.3 is 6.03 Å². The highest BCUT2D eigenvalue weighted by Gasteiger charge is 2.30. The van der Waals surface area contributed by atoms with Crippen LogP contribution >= 0.6 is 0 Å². The van der Waals surface area contributed by atoms with E-state index in [1.165, 1.54) is 18.5 Å². The monoisotopic (exact) mass is 434 g/mol. The SMILES string of the molecule is CC(c1ccccc1)N(CC1CC1)C(=O)NCCC(=O)N1CCN(c2ccccc2)CC1. The second kappa shape index (κ2) is 10.5. The number of carbonyl (C=O) groups is 2. The molecular weight excluding hydrogens is 400 g/mol. The summed E-state index contributed by atoms with van der Waals surface area (Å²) in [6.07, 6.45) is 2.73. The maximum atomic E-state index is 13.0. The highest BCUT2D eigenvalue weighted by atomic mass is 16.2. The third-order valence-electron chi connectivity index (χ3n) is 6.53. The van der Waals surface area contributed by atoms with Gasteiger partial charge in [0.25, 0.3) is 0 Å². The van der Waals surface area contributed by atoms with E-state index < -0.39 is 0 Å². The van der Waals surface area contributed by atoms with Crippen molar-refractivity contribution in [2.24, 2.45) is 5.92 Å². The van der Waals surface area contributed by atoms with E-state index in [1.54, 1.807) is 0 Å². The number of urea groups is 1. The average Bonchev–Trinajstić information content (AvgIpc) is 3.67. The molecule has 6 heteroatoms. The van der Waals surface area contributed by atoms with Crippen LogP contribution in [-0.2, 0) is 4.79 Å². The van der Waals surface area contributed by atoms with E-state index in [0.29, 0.717) is 18.9 Å². The van der Waals surface area contributed by atoms with E-state index in [-0.39, 0.29) is 18.0 Å². The lowest BCUT2D eigenvalue weighted by Crippen LogP contribution is -2.49. The van der Waals surface area contributed by atoms with Gasteiger partial charge in [-0.3, -0.25) is 4.79 Å². The first-order valence-electron chi connectivity index (χ1n) is 11.8. The number of benzene rings is 2. The largest absolute Gasteiger partial charge is 0.368 e. The third kappa shape index (κ3) is 5.81. The van der Waals surface area contributed by atoms with Gasteiger partial charge in [0.1, 0.15) is 0 Å². The van der Waals surface area contributed by atoms with Gasteiger partial charge in [-0.15, -0.1) is 0 Å². The summed E-state index contributed by atoms with van der Waals surface area (Å²) in [6.45, 7) is 6.35. The number of amides is 3. The van der Waals surface area contributed by atoms with Gasteiger partial charge in [-0.25, -0.2) is 4.79 Å². The number of carbonyl (C=O) groups excluding carboxylic acids is 2. The number of hydrogen-bond acceptors (Lipinski definition) is 3. The summed E-state index contributed by atoms with van der Waals surface area (Å²) in [6, 6.07) is 20.4. The minimum Gasteiger partial charge on any atom is -0.368 e. The Kier molecular flexibility index (Phi) is 7.30. The molecule has 3 amide bonds. The molecule has 1 unspecified atom stereocenters. The summed E-state index contributed by atoms with van der Waals surface area (Å²) < 4.78 is 0. The van der Waals surface area contributed by atoms with Gasteiger partial charge in [0.05, 0.1) is 6.04 Å². The van der Waals surface area contributed by atoms with E-state index in [2.05, 4.69) is 41.4 Å². The number of anilines is 1. The molecule has 4 rings (SSSR count). The van der Waals surface area contributed by atoms with E-state index in [4.69, 9.17) is 0 Å². The molecule has 0 radical (unpaired) electrons. The molecule has 1 atom stereocenters. The Morgan fingerprint density at radius 2 is 1.59 bits per heavy atom. The van der Waals surface area contributed by atoms with Crippen molar-refractivity contribution in [3.05, 3.63) is 66.2 Å². The van der Waals surface area contributed by atoms with Gasteiger partial charge in [-0.2, -0.15) is 0 Å². The van der Waals surface area contributed by atoms with Crippen LogP contribution < -0.4 is 10.2 Å². The Morgan fingerprint density at radius 3 is 2.22 bits per heavy atom. The fraction of sp³-hybridized carbons (Fsp3) is 0.462. The standard InChI is InChI=1S/C26H34N4O2/c1-21(23-8-4-2-5-9-23)30(20-22-12-13-22)26(32)27-15-14-25(31)29-18-16-28(17-19-29)24-10-6-3-7-11-24/h2-11,21-22H,12-20H2,1H3,(H,27,32). The second-order valence-corrected chi connectivity index (χ2v) is 8.87. The quantitative estimate of drug-likeness (QED) is 0.685. The first-order chi connectivity index (χ1) is 15.6. The number of piperazine rings is 1. The molecule has 1 heterocycles. The molecule has 0 bridgehead atoms. The highest BCUT2D eigenvalue weighted by molar-refractivity contribution is 5.79. The topological polar surface area (TPSA) is 55.9 Å². The molecule has 0 aromatic heterocycles. The molecule has 1 saturated carbocycles. The fourth-order valence-electron chi connectivity index (χ4n) is 4.30. The lowest BCUT2D eigenvalue weighted by atomic mass is 10.1. The van der Waals surface area contributed by atoms with Crippen LogP contribution in [0.5, 0.6) is 0 Å². The van der Waals surface area contributed by atoms with E-state index >= 15 is 0 Å². The molecule has 32 heavy (non-hydrogen) atoms. The second-order valence-electron chi connectivity index (χ2n) is 8.87. The van der Waals surface area contributed by atoms with Gasteiger partial charge in [0.15, 0.2) is 0 Å². The van der Waals surface area contributed by atoms with Crippen molar-refractivity contribution < 1.29 is 9.59 Å². The summed E-state index contributed by atoms with van der Waals surface area (Å²) in [5.41, 5.74) is 2.34. The lowest BCUT2D eigenvalue weighted by molar-refractivity contribution is -0.131. The summed E-state index contributed by atoms with van der Waals surface area (Å²) >= 11 is 0. The van der Waals surface area contributed by atoms with Crippen LogP contribution in [0.1, 0.15) is 37.8 Å². The molecule has 1 saturated heterocycles. The number of hydrogen-bond donors (Lipinski definition) is 1. The smallest absolute Gasteiger partial charge is 0.317 e. The van der Waals surface area contributed by atoms with Gasteiger partial charge in [0, 0.05) is 51.4 Å². The molecule has 2 aliphatic rings. The van der Waals surface area contributed by atoms with Gasteiger partial charge in [0.2, 0.25) is 5.91 Å². The number of para-hydroxylation sites is 1. The summed E-state index contributed by atoms with van der Waals surface area (Å²) in [5, 5.41) is 3.00. The van der Waals surface area contributed by atoms with Gasteiger partial charge in [-0.05, 0) is 43.4 Å². The van der Waals surface area contributed by atoms with Crippen molar-refractivity contribution in [3.8, 4) is 0 Å². The van der Waals surface area contributed by atoms with Crippen LogP contribution in [0.3, 0.4) is 0 Å². The Balaban J connectivity index is 1.23. The molecule has 6 nitrogen and oxygen atoms in total. The summed E-state index contributed by atoms with van der Waals surface area (Å²) in [4.78, 5) is 31.8. The Morgan fingerprint density at radius 1 is 0.969 bits per heavy atom. The van der Waals surface area contributed by atoms with E-state index in [0.717, 1.165) is 38.3 Å². The van der Waals surface area contributed by atoms with E-state index in [1.807, 2.05) is 46.2 Å². The molecule has 1 aliphatic heterocycles. The zero-order valence-electron chi connectivity index (χ0n) is 19.0. The molecule has 2 fully saturated rings. The normalized spacial score (nSPS) is 17.0. The zero-order valence-corrected chi connectivity index (χ0v) is 19.0. The minimum absolute atomic E-state index is 0.0126. The molecule has 2 aromatic carbocycles. The van der Waals surface area contributed by atoms with Crippen molar-refractivity contribution >= 4 is 17.6 Å². The van der Waals surface area contributed by atoms with Crippen molar-refractivity contribution in [2.75, 3.05) is 44.2 Å². The van der Waals surface area contributed by atoms with Crippen LogP contribution in [0, 0.1) is 5.92 Å². The molecular formula is C26H34N4O2. The predicted molar refractivity (Wildman–Crippen MR) is 128 cm³/mol. The molecule has 1 aliphatic carbocycles.